The molecule has 0 radical (unpaired) electrons. The molecule has 1 amide bonds. The molecule has 4 heteroatoms. The van der Waals surface area contributed by atoms with E-state index in [2.05, 4.69) is 4.98 Å². The van der Waals surface area contributed by atoms with Gasteiger partial charge in [0.15, 0.2) is 5.43 Å². The monoisotopic (exact) mass is 240 g/mol. The van der Waals surface area contributed by atoms with Gasteiger partial charge < -0.3 is 9.88 Å². The molecule has 0 saturated carbocycles. The highest BCUT2D eigenvalue weighted by Crippen LogP contribution is 2.23. The molecule has 2 heterocycles. The molecule has 1 aromatic carbocycles. The Kier molecular flexibility index (Phi) is 2.48. The second-order valence-electron chi connectivity index (χ2n) is 4.35. The summed E-state index contributed by atoms with van der Waals surface area (Å²) in [5, 5.41) is 0. The van der Waals surface area contributed by atoms with E-state index < -0.39 is 0 Å². The van der Waals surface area contributed by atoms with Crippen LogP contribution in [0.25, 0.3) is 0 Å². The van der Waals surface area contributed by atoms with Crippen LogP contribution in [0.1, 0.15) is 21.5 Å². The third-order valence-electron chi connectivity index (χ3n) is 3.18. The zero-order chi connectivity index (χ0) is 12.5. The minimum Gasteiger partial charge on any atom is -0.367 e. The van der Waals surface area contributed by atoms with Gasteiger partial charge in [0.1, 0.15) is 5.56 Å². The van der Waals surface area contributed by atoms with Gasteiger partial charge in [-0.1, -0.05) is 24.3 Å². The predicted octanol–water partition coefficient (Wildman–Crippen LogP) is 1.53. The van der Waals surface area contributed by atoms with Crippen LogP contribution in [0.4, 0.5) is 0 Å². The zero-order valence-electron chi connectivity index (χ0n) is 9.72. The van der Waals surface area contributed by atoms with E-state index in [-0.39, 0.29) is 16.9 Å². The summed E-state index contributed by atoms with van der Waals surface area (Å²) >= 11 is 0. The molecule has 0 unspecified atom stereocenters. The molecular weight excluding hydrogens is 228 g/mol. The van der Waals surface area contributed by atoms with Gasteiger partial charge in [0.25, 0.3) is 5.91 Å². The van der Waals surface area contributed by atoms with E-state index in [9.17, 15) is 9.59 Å². The van der Waals surface area contributed by atoms with Crippen molar-refractivity contribution in [1.82, 2.24) is 9.88 Å². The average Bonchev–Trinajstić information content (AvgIpc) is 2.82. The lowest BCUT2D eigenvalue weighted by Crippen LogP contribution is -2.29. The molecule has 1 aliphatic rings. The molecular formula is C14H12N2O2. The molecule has 2 aromatic rings. The van der Waals surface area contributed by atoms with Gasteiger partial charge in [-0.3, -0.25) is 9.59 Å². The minimum atomic E-state index is -0.241. The lowest BCUT2D eigenvalue weighted by atomic mass is 10.1. The summed E-state index contributed by atoms with van der Waals surface area (Å²) in [7, 11) is 0. The Hall–Kier alpha value is -2.36. The van der Waals surface area contributed by atoms with E-state index in [1.807, 2.05) is 24.3 Å². The summed E-state index contributed by atoms with van der Waals surface area (Å²) < 4.78 is 0. The summed E-state index contributed by atoms with van der Waals surface area (Å²) in [4.78, 5) is 28.3. The van der Waals surface area contributed by atoms with Crippen LogP contribution in [0.2, 0.25) is 0 Å². The van der Waals surface area contributed by atoms with Crippen molar-refractivity contribution in [2.24, 2.45) is 0 Å². The number of fused-ring (bicyclic) bond motifs is 1. The number of hydrogen-bond donors (Lipinski definition) is 1. The number of carbonyl (C=O) groups excluding carboxylic acids is 1. The molecule has 1 aromatic heterocycles. The molecule has 0 saturated heterocycles. The summed E-state index contributed by atoms with van der Waals surface area (Å²) in [5.74, 6) is -0.215. The zero-order valence-corrected chi connectivity index (χ0v) is 9.72. The number of benzene rings is 1. The van der Waals surface area contributed by atoms with Gasteiger partial charge in [-0.15, -0.1) is 0 Å². The maximum Gasteiger partial charge on any atom is 0.259 e. The van der Waals surface area contributed by atoms with Gasteiger partial charge in [0.2, 0.25) is 0 Å². The van der Waals surface area contributed by atoms with Crippen molar-refractivity contribution in [1.29, 1.82) is 0 Å². The predicted molar refractivity (Wildman–Crippen MR) is 67.1 cm³/mol. The van der Waals surface area contributed by atoms with Gasteiger partial charge in [-0.2, -0.15) is 0 Å². The first kappa shape index (κ1) is 10.8. The number of pyridine rings is 1. The van der Waals surface area contributed by atoms with E-state index in [0.29, 0.717) is 13.1 Å². The lowest BCUT2D eigenvalue weighted by Gasteiger charge is -2.14. The van der Waals surface area contributed by atoms with Gasteiger partial charge in [0, 0.05) is 31.5 Å². The first-order chi connectivity index (χ1) is 8.75. The van der Waals surface area contributed by atoms with Crippen LogP contribution < -0.4 is 5.43 Å². The first-order valence-corrected chi connectivity index (χ1v) is 5.79. The van der Waals surface area contributed by atoms with Crippen LogP contribution in [0.5, 0.6) is 0 Å². The number of carbonyl (C=O) groups is 1. The largest absolute Gasteiger partial charge is 0.367 e. The van der Waals surface area contributed by atoms with Crippen molar-refractivity contribution < 1.29 is 4.79 Å². The fourth-order valence-corrected chi connectivity index (χ4v) is 2.23. The number of aromatic amines is 1. The Balaban J connectivity index is 1.89. The van der Waals surface area contributed by atoms with Crippen molar-refractivity contribution in [3.8, 4) is 0 Å². The summed E-state index contributed by atoms with van der Waals surface area (Å²) in [6.45, 7) is 1.15. The van der Waals surface area contributed by atoms with Crippen LogP contribution in [0, 0.1) is 0 Å². The molecule has 0 spiro atoms. The Morgan fingerprint density at radius 1 is 1.11 bits per heavy atom. The number of amides is 1. The minimum absolute atomic E-state index is 0.199. The Morgan fingerprint density at radius 2 is 1.78 bits per heavy atom. The quantitative estimate of drug-likeness (QED) is 0.821. The molecule has 0 bridgehead atoms. The van der Waals surface area contributed by atoms with E-state index >= 15 is 0 Å². The lowest BCUT2D eigenvalue weighted by molar-refractivity contribution is 0.0749. The van der Waals surface area contributed by atoms with E-state index in [0.717, 1.165) is 11.1 Å². The van der Waals surface area contributed by atoms with Crippen LogP contribution in [0.3, 0.4) is 0 Å². The summed E-state index contributed by atoms with van der Waals surface area (Å²) in [5.41, 5.74) is 2.26. The number of nitrogens with one attached hydrogen (secondary N) is 1. The highest BCUT2D eigenvalue weighted by molar-refractivity contribution is 5.94. The number of rotatable bonds is 1. The smallest absolute Gasteiger partial charge is 0.259 e. The Labute approximate surface area is 104 Å². The van der Waals surface area contributed by atoms with Crippen molar-refractivity contribution in [2.75, 3.05) is 0 Å². The number of H-pyrrole nitrogens is 1. The molecule has 0 fully saturated rings. The number of aromatic nitrogens is 1. The molecule has 0 atom stereocenters. The van der Waals surface area contributed by atoms with Crippen molar-refractivity contribution in [3.63, 3.8) is 0 Å². The molecule has 4 nitrogen and oxygen atoms in total. The third-order valence-corrected chi connectivity index (χ3v) is 3.18. The second kappa shape index (κ2) is 4.14. The topological polar surface area (TPSA) is 53.2 Å². The maximum atomic E-state index is 12.2. The van der Waals surface area contributed by atoms with Crippen LogP contribution in [-0.2, 0) is 13.1 Å². The SMILES string of the molecule is O=C(c1c[nH]ccc1=O)N1Cc2ccccc2C1. The fraction of sp³-hybridized carbons (Fsp3) is 0.143. The molecule has 3 rings (SSSR count). The van der Waals surface area contributed by atoms with Crippen molar-refractivity contribution >= 4 is 5.91 Å². The maximum absolute atomic E-state index is 12.2. The second-order valence-corrected chi connectivity index (χ2v) is 4.35. The molecule has 18 heavy (non-hydrogen) atoms. The number of hydrogen-bond acceptors (Lipinski definition) is 2. The van der Waals surface area contributed by atoms with Gasteiger partial charge >= 0.3 is 0 Å². The normalized spacial score (nSPS) is 13.4. The highest BCUT2D eigenvalue weighted by Gasteiger charge is 2.24. The van der Waals surface area contributed by atoms with Crippen molar-refractivity contribution in [3.05, 3.63) is 69.6 Å². The molecule has 1 N–H and O–H groups in total. The first-order valence-electron chi connectivity index (χ1n) is 5.79. The van der Waals surface area contributed by atoms with E-state index in [1.54, 1.807) is 4.90 Å². The third kappa shape index (κ3) is 1.72. The standard InChI is InChI=1S/C14H12N2O2/c17-13-5-6-15-7-12(13)14(18)16-8-10-3-1-2-4-11(10)9-16/h1-7H,8-9H2,(H,15,17). The van der Waals surface area contributed by atoms with E-state index in [4.69, 9.17) is 0 Å². The Morgan fingerprint density at radius 3 is 2.39 bits per heavy atom. The van der Waals surface area contributed by atoms with Gasteiger partial charge in [-0.25, -0.2) is 0 Å². The average molecular weight is 240 g/mol. The summed E-state index contributed by atoms with van der Waals surface area (Å²) in [6.07, 6.45) is 2.99. The van der Waals surface area contributed by atoms with Crippen LogP contribution in [0.15, 0.2) is 47.5 Å². The molecule has 0 aliphatic carbocycles. The van der Waals surface area contributed by atoms with E-state index in [1.165, 1.54) is 18.5 Å². The summed E-state index contributed by atoms with van der Waals surface area (Å²) in [6, 6.07) is 9.32. The molecule has 1 aliphatic heterocycles. The van der Waals surface area contributed by atoms with Gasteiger partial charge in [-0.05, 0) is 11.1 Å². The molecule has 90 valence electrons. The van der Waals surface area contributed by atoms with Crippen molar-refractivity contribution in [2.45, 2.75) is 13.1 Å². The van der Waals surface area contributed by atoms with Crippen LogP contribution in [-0.4, -0.2) is 15.8 Å². The van der Waals surface area contributed by atoms with Crippen LogP contribution >= 0.6 is 0 Å². The number of nitrogens with zero attached hydrogens (tertiary/aromatic N) is 1. The fourth-order valence-electron chi connectivity index (χ4n) is 2.23. The van der Waals surface area contributed by atoms with Gasteiger partial charge in [0.05, 0.1) is 0 Å². The highest BCUT2D eigenvalue weighted by atomic mass is 16.2. The Bertz CT molecular complexity index is 636.